The summed E-state index contributed by atoms with van der Waals surface area (Å²) in [5, 5.41) is 21.0. The quantitative estimate of drug-likeness (QED) is 0.800. The highest BCUT2D eigenvalue weighted by molar-refractivity contribution is 5.45. The lowest BCUT2D eigenvalue weighted by Gasteiger charge is -2.36. The van der Waals surface area contributed by atoms with Crippen molar-refractivity contribution >= 4 is 0 Å². The zero-order valence-corrected chi connectivity index (χ0v) is 16.3. The van der Waals surface area contributed by atoms with E-state index < -0.39 is 0 Å². The molecule has 6 heteroatoms. The third kappa shape index (κ3) is 4.88. The van der Waals surface area contributed by atoms with E-state index in [1.807, 2.05) is 0 Å². The highest BCUT2D eigenvalue weighted by Gasteiger charge is 2.25. The molecule has 2 aliphatic heterocycles. The number of hydrogen-bond acceptors (Lipinski definition) is 6. The molecule has 3 rings (SSSR count). The number of benzene rings is 1. The van der Waals surface area contributed by atoms with Gasteiger partial charge in [0.05, 0.1) is 24.4 Å². The van der Waals surface area contributed by atoms with Crippen molar-refractivity contribution in [2.75, 3.05) is 26.2 Å². The molecule has 2 saturated heterocycles. The standard InChI is InChI=1S/C20H32N2O4/c1-13-7-21(8-14(2)25-13)11-17-5-20(24)18(6-19(17)23)12-22-9-15(3)26-16(4)10-22/h5-6,13-16,23-24H,7-12H2,1-4H3/t13-,14-,15+,16+. The molecule has 0 aromatic heterocycles. The smallest absolute Gasteiger partial charge is 0.120 e. The van der Waals surface area contributed by atoms with Crippen molar-refractivity contribution in [2.45, 2.75) is 65.2 Å². The largest absolute Gasteiger partial charge is 0.508 e. The van der Waals surface area contributed by atoms with Gasteiger partial charge in [-0.3, -0.25) is 9.80 Å². The molecule has 4 atom stereocenters. The molecule has 0 bridgehead atoms. The summed E-state index contributed by atoms with van der Waals surface area (Å²) in [4.78, 5) is 4.52. The van der Waals surface area contributed by atoms with Crippen molar-refractivity contribution in [1.82, 2.24) is 9.80 Å². The molecule has 0 aliphatic carbocycles. The Hall–Kier alpha value is -1.34. The molecule has 0 saturated carbocycles. The summed E-state index contributed by atoms with van der Waals surface area (Å²) in [7, 11) is 0. The summed E-state index contributed by atoms with van der Waals surface area (Å²) in [6, 6.07) is 3.42. The Morgan fingerprint density at radius 3 is 1.35 bits per heavy atom. The molecule has 1 aromatic carbocycles. The Labute approximate surface area is 156 Å². The van der Waals surface area contributed by atoms with Gasteiger partial charge in [-0.05, 0) is 39.8 Å². The minimum atomic E-state index is 0.180. The second kappa shape index (κ2) is 8.13. The topological polar surface area (TPSA) is 65.4 Å². The van der Waals surface area contributed by atoms with E-state index in [-0.39, 0.29) is 35.9 Å². The van der Waals surface area contributed by atoms with Crippen LogP contribution >= 0.6 is 0 Å². The third-order valence-corrected chi connectivity index (χ3v) is 5.06. The van der Waals surface area contributed by atoms with Crippen LogP contribution in [0.4, 0.5) is 0 Å². The van der Waals surface area contributed by atoms with Crippen LogP contribution in [-0.4, -0.2) is 70.6 Å². The van der Waals surface area contributed by atoms with E-state index in [9.17, 15) is 10.2 Å². The molecule has 0 spiro atoms. The molecule has 0 radical (unpaired) electrons. The zero-order valence-electron chi connectivity index (χ0n) is 16.3. The summed E-state index contributed by atoms with van der Waals surface area (Å²) in [6.07, 6.45) is 0.719. The molecule has 2 heterocycles. The summed E-state index contributed by atoms with van der Waals surface area (Å²) in [5.74, 6) is 0.498. The molecule has 26 heavy (non-hydrogen) atoms. The van der Waals surface area contributed by atoms with Gasteiger partial charge in [0.2, 0.25) is 0 Å². The predicted octanol–water partition coefficient (Wildman–Crippen LogP) is 2.32. The fourth-order valence-corrected chi connectivity index (χ4v) is 4.23. The first-order valence-corrected chi connectivity index (χ1v) is 9.59. The van der Waals surface area contributed by atoms with Crippen molar-refractivity contribution in [2.24, 2.45) is 0 Å². The lowest BCUT2D eigenvalue weighted by molar-refractivity contribution is -0.0711. The van der Waals surface area contributed by atoms with Crippen molar-refractivity contribution in [3.63, 3.8) is 0 Å². The molecule has 146 valence electrons. The van der Waals surface area contributed by atoms with Crippen LogP contribution in [0.5, 0.6) is 11.5 Å². The first-order valence-electron chi connectivity index (χ1n) is 9.59. The monoisotopic (exact) mass is 364 g/mol. The lowest BCUT2D eigenvalue weighted by atomic mass is 10.1. The van der Waals surface area contributed by atoms with Crippen molar-refractivity contribution < 1.29 is 19.7 Å². The molecule has 0 amide bonds. The predicted molar refractivity (Wildman–Crippen MR) is 100 cm³/mol. The summed E-state index contributed by atoms with van der Waals surface area (Å²) >= 11 is 0. The van der Waals surface area contributed by atoms with Gasteiger partial charge in [-0.25, -0.2) is 0 Å². The fourth-order valence-electron chi connectivity index (χ4n) is 4.23. The van der Waals surface area contributed by atoms with E-state index in [4.69, 9.17) is 9.47 Å². The van der Waals surface area contributed by atoms with Gasteiger partial charge in [0.25, 0.3) is 0 Å². The van der Waals surface area contributed by atoms with Gasteiger partial charge in [-0.15, -0.1) is 0 Å². The van der Waals surface area contributed by atoms with Gasteiger partial charge in [0, 0.05) is 50.4 Å². The minimum absolute atomic E-state index is 0.180. The summed E-state index contributed by atoms with van der Waals surface area (Å²) < 4.78 is 11.5. The van der Waals surface area contributed by atoms with Crippen LogP contribution < -0.4 is 0 Å². The third-order valence-electron chi connectivity index (χ3n) is 5.06. The van der Waals surface area contributed by atoms with E-state index in [1.165, 1.54) is 0 Å². The average Bonchev–Trinajstić information content (AvgIpc) is 2.50. The molecule has 2 N–H and O–H groups in total. The number of morpholine rings is 2. The zero-order chi connectivity index (χ0) is 18.8. The van der Waals surface area contributed by atoms with E-state index in [1.54, 1.807) is 12.1 Å². The Bertz CT molecular complexity index is 550. The number of nitrogens with zero attached hydrogens (tertiary/aromatic N) is 2. The van der Waals surface area contributed by atoms with Gasteiger partial charge in [-0.1, -0.05) is 0 Å². The molecule has 6 nitrogen and oxygen atoms in total. The molecule has 2 fully saturated rings. The van der Waals surface area contributed by atoms with Crippen molar-refractivity contribution in [3.05, 3.63) is 23.3 Å². The average molecular weight is 364 g/mol. The fraction of sp³-hybridized carbons (Fsp3) is 0.700. The highest BCUT2D eigenvalue weighted by atomic mass is 16.5. The Kier molecular flexibility index (Phi) is 6.07. The van der Waals surface area contributed by atoms with E-state index in [0.717, 1.165) is 37.3 Å². The van der Waals surface area contributed by atoms with Crippen molar-refractivity contribution in [1.29, 1.82) is 0 Å². The van der Waals surface area contributed by atoms with Gasteiger partial charge < -0.3 is 19.7 Å². The van der Waals surface area contributed by atoms with Gasteiger partial charge in [-0.2, -0.15) is 0 Å². The molecule has 2 aliphatic rings. The maximum atomic E-state index is 10.5. The van der Waals surface area contributed by atoms with Crippen LogP contribution in [0.2, 0.25) is 0 Å². The van der Waals surface area contributed by atoms with Crippen LogP contribution in [0.15, 0.2) is 12.1 Å². The van der Waals surface area contributed by atoms with Crippen LogP contribution in [0, 0.1) is 0 Å². The number of phenols is 2. The van der Waals surface area contributed by atoms with Crippen LogP contribution in [-0.2, 0) is 22.6 Å². The molecular formula is C20H32N2O4. The Morgan fingerprint density at radius 2 is 1.04 bits per heavy atom. The second-order valence-corrected chi connectivity index (χ2v) is 8.01. The number of phenolic OH excluding ortho intramolecular Hbond substituents is 2. The first kappa shape index (κ1) is 19.4. The summed E-state index contributed by atoms with van der Waals surface area (Å²) in [6.45, 7) is 12.8. The summed E-state index contributed by atoms with van der Waals surface area (Å²) in [5.41, 5.74) is 1.52. The maximum Gasteiger partial charge on any atom is 0.120 e. The number of aromatic hydroxyl groups is 2. The Morgan fingerprint density at radius 1 is 0.731 bits per heavy atom. The van der Waals surface area contributed by atoms with Crippen molar-refractivity contribution in [3.8, 4) is 11.5 Å². The van der Waals surface area contributed by atoms with E-state index >= 15 is 0 Å². The minimum Gasteiger partial charge on any atom is -0.508 e. The Balaban J connectivity index is 1.68. The maximum absolute atomic E-state index is 10.5. The van der Waals surface area contributed by atoms with Crippen LogP contribution in [0.3, 0.4) is 0 Å². The molecular weight excluding hydrogens is 332 g/mol. The lowest BCUT2D eigenvalue weighted by Crippen LogP contribution is -2.45. The van der Waals surface area contributed by atoms with Crippen LogP contribution in [0.1, 0.15) is 38.8 Å². The van der Waals surface area contributed by atoms with Gasteiger partial charge in [0.15, 0.2) is 0 Å². The van der Waals surface area contributed by atoms with Gasteiger partial charge in [0.1, 0.15) is 11.5 Å². The SMILES string of the molecule is C[C@@H]1CN(Cc2cc(O)c(CN3C[C@H](C)O[C@@H](C)C3)cc2O)C[C@@H](C)O1. The van der Waals surface area contributed by atoms with Crippen LogP contribution in [0.25, 0.3) is 0 Å². The highest BCUT2D eigenvalue weighted by Crippen LogP contribution is 2.30. The normalized spacial score (nSPS) is 31.2. The molecule has 0 unspecified atom stereocenters. The number of ether oxygens (including phenoxy) is 2. The van der Waals surface area contributed by atoms with E-state index in [0.29, 0.717) is 13.1 Å². The van der Waals surface area contributed by atoms with E-state index in [2.05, 4.69) is 37.5 Å². The van der Waals surface area contributed by atoms with Gasteiger partial charge >= 0.3 is 0 Å². The number of hydrogen-bond donors (Lipinski definition) is 2. The molecule has 1 aromatic rings. The second-order valence-electron chi connectivity index (χ2n) is 8.01. The number of rotatable bonds is 4. The first-order chi connectivity index (χ1) is 12.3.